The van der Waals surface area contributed by atoms with Gasteiger partial charge in [0.1, 0.15) is 0 Å². The van der Waals surface area contributed by atoms with E-state index in [1.54, 1.807) is 12.1 Å². The van der Waals surface area contributed by atoms with Crippen LogP contribution in [0.25, 0.3) is 0 Å². The van der Waals surface area contributed by atoms with Crippen LogP contribution in [0.4, 0.5) is 0 Å². The highest BCUT2D eigenvalue weighted by Crippen LogP contribution is 2.27. The molecule has 0 aliphatic heterocycles. The number of aliphatic hydroxyl groups is 1. The molecule has 4 heteroatoms. The minimum Gasteiger partial charge on any atom is -0.504 e. The molecule has 0 fully saturated rings. The molecule has 0 bridgehead atoms. The minimum absolute atomic E-state index is 0.0650. The molecule has 1 rings (SSSR count). The van der Waals surface area contributed by atoms with Crippen molar-refractivity contribution in [2.24, 2.45) is 5.92 Å². The average molecular weight is 225 g/mol. The highest BCUT2D eigenvalue weighted by Gasteiger charge is 2.06. The van der Waals surface area contributed by atoms with Crippen LogP contribution in [-0.4, -0.2) is 28.5 Å². The van der Waals surface area contributed by atoms with Gasteiger partial charge in [0, 0.05) is 18.7 Å². The molecule has 1 aromatic rings. The zero-order valence-electron chi connectivity index (χ0n) is 9.48. The minimum atomic E-state index is -0.0947. The Labute approximate surface area is 95.6 Å². The quantitative estimate of drug-likeness (QED) is 0.549. The molecule has 1 aromatic carbocycles. The number of phenols is 2. The molecule has 0 saturated heterocycles. The van der Waals surface area contributed by atoms with E-state index in [2.05, 4.69) is 5.32 Å². The summed E-state index contributed by atoms with van der Waals surface area (Å²) in [6, 6.07) is 4.91. The van der Waals surface area contributed by atoms with Gasteiger partial charge in [0.05, 0.1) is 0 Å². The van der Waals surface area contributed by atoms with E-state index in [9.17, 15) is 10.2 Å². The number of aromatic hydroxyl groups is 2. The standard InChI is InChI=1S/C12H19NO3/c1-9(5-6-14)7-13-8-10-3-2-4-11(15)12(10)16/h2-4,9,13-16H,5-8H2,1H3. The van der Waals surface area contributed by atoms with E-state index in [4.69, 9.17) is 5.11 Å². The van der Waals surface area contributed by atoms with Crippen molar-refractivity contribution in [2.75, 3.05) is 13.2 Å². The fraction of sp³-hybridized carbons (Fsp3) is 0.500. The third-order valence-corrected chi connectivity index (χ3v) is 2.53. The lowest BCUT2D eigenvalue weighted by Gasteiger charge is -2.12. The monoisotopic (exact) mass is 225 g/mol. The van der Waals surface area contributed by atoms with E-state index in [1.807, 2.05) is 6.92 Å². The zero-order chi connectivity index (χ0) is 12.0. The second kappa shape index (κ2) is 6.35. The topological polar surface area (TPSA) is 72.7 Å². The normalized spacial score (nSPS) is 12.6. The summed E-state index contributed by atoms with van der Waals surface area (Å²) in [4.78, 5) is 0. The summed E-state index contributed by atoms with van der Waals surface area (Å²) in [5, 5.41) is 30.7. The molecule has 0 aromatic heterocycles. The first-order valence-electron chi connectivity index (χ1n) is 5.46. The van der Waals surface area contributed by atoms with Crippen LogP contribution in [0.5, 0.6) is 11.5 Å². The summed E-state index contributed by atoms with van der Waals surface area (Å²) in [6.45, 7) is 3.53. The van der Waals surface area contributed by atoms with Crippen LogP contribution in [0.3, 0.4) is 0 Å². The predicted molar refractivity (Wildman–Crippen MR) is 62.3 cm³/mol. The molecule has 0 saturated carbocycles. The van der Waals surface area contributed by atoms with Crippen molar-refractivity contribution in [3.8, 4) is 11.5 Å². The molecule has 0 amide bonds. The molecule has 0 heterocycles. The van der Waals surface area contributed by atoms with Gasteiger partial charge < -0.3 is 20.6 Å². The Balaban J connectivity index is 2.40. The van der Waals surface area contributed by atoms with Crippen LogP contribution in [0.1, 0.15) is 18.9 Å². The van der Waals surface area contributed by atoms with E-state index in [1.165, 1.54) is 6.07 Å². The highest BCUT2D eigenvalue weighted by atomic mass is 16.3. The molecule has 1 atom stereocenters. The number of hydrogen-bond donors (Lipinski definition) is 4. The SMILES string of the molecule is CC(CCO)CNCc1cccc(O)c1O. The lowest BCUT2D eigenvalue weighted by molar-refractivity contribution is 0.260. The first-order chi connectivity index (χ1) is 7.65. The Bertz CT molecular complexity index is 328. The van der Waals surface area contributed by atoms with E-state index >= 15 is 0 Å². The fourth-order valence-electron chi connectivity index (χ4n) is 1.50. The van der Waals surface area contributed by atoms with Gasteiger partial charge in [0.25, 0.3) is 0 Å². The summed E-state index contributed by atoms with van der Waals surface area (Å²) in [7, 11) is 0. The summed E-state index contributed by atoms with van der Waals surface area (Å²) in [5.41, 5.74) is 0.677. The van der Waals surface area contributed by atoms with E-state index < -0.39 is 0 Å². The number of para-hydroxylation sites is 1. The van der Waals surface area contributed by atoms with Gasteiger partial charge in [-0.25, -0.2) is 0 Å². The van der Waals surface area contributed by atoms with Crippen LogP contribution in [0.2, 0.25) is 0 Å². The Morgan fingerprint density at radius 1 is 1.31 bits per heavy atom. The lowest BCUT2D eigenvalue weighted by Crippen LogP contribution is -2.21. The molecular weight excluding hydrogens is 206 g/mol. The van der Waals surface area contributed by atoms with Gasteiger partial charge in [-0.1, -0.05) is 19.1 Å². The van der Waals surface area contributed by atoms with Crippen molar-refractivity contribution in [1.29, 1.82) is 0 Å². The molecular formula is C12H19NO3. The predicted octanol–water partition coefficient (Wildman–Crippen LogP) is 1.21. The summed E-state index contributed by atoms with van der Waals surface area (Å²) < 4.78 is 0. The first-order valence-corrected chi connectivity index (χ1v) is 5.46. The number of phenolic OH excluding ortho intramolecular Hbond substituents is 2. The van der Waals surface area contributed by atoms with Gasteiger partial charge in [-0.2, -0.15) is 0 Å². The van der Waals surface area contributed by atoms with E-state index in [-0.39, 0.29) is 18.1 Å². The maximum absolute atomic E-state index is 9.54. The Kier molecular flexibility index (Phi) is 5.08. The maximum atomic E-state index is 9.54. The van der Waals surface area contributed by atoms with Crippen molar-refractivity contribution in [3.05, 3.63) is 23.8 Å². The number of rotatable bonds is 6. The number of aliphatic hydroxyl groups excluding tert-OH is 1. The summed E-state index contributed by atoms with van der Waals surface area (Å²) >= 11 is 0. The first kappa shape index (κ1) is 12.8. The molecule has 0 spiro atoms. The Morgan fingerprint density at radius 2 is 2.06 bits per heavy atom. The van der Waals surface area contributed by atoms with Gasteiger partial charge in [0.2, 0.25) is 0 Å². The second-order valence-electron chi connectivity index (χ2n) is 4.03. The maximum Gasteiger partial charge on any atom is 0.161 e. The van der Waals surface area contributed by atoms with Gasteiger partial charge in [-0.15, -0.1) is 0 Å². The van der Waals surface area contributed by atoms with Crippen LogP contribution in [0, 0.1) is 5.92 Å². The second-order valence-corrected chi connectivity index (χ2v) is 4.03. The van der Waals surface area contributed by atoms with Crippen molar-refractivity contribution in [2.45, 2.75) is 19.9 Å². The van der Waals surface area contributed by atoms with Crippen LogP contribution in [0.15, 0.2) is 18.2 Å². The Morgan fingerprint density at radius 3 is 2.75 bits per heavy atom. The van der Waals surface area contributed by atoms with Crippen molar-refractivity contribution < 1.29 is 15.3 Å². The van der Waals surface area contributed by atoms with Gasteiger partial charge >= 0.3 is 0 Å². The smallest absolute Gasteiger partial charge is 0.161 e. The molecule has 4 N–H and O–H groups in total. The van der Waals surface area contributed by atoms with Crippen molar-refractivity contribution in [3.63, 3.8) is 0 Å². The molecule has 1 unspecified atom stereocenters. The zero-order valence-corrected chi connectivity index (χ0v) is 9.48. The summed E-state index contributed by atoms with van der Waals surface area (Å²) in [6.07, 6.45) is 0.763. The van der Waals surface area contributed by atoms with E-state index in [0.29, 0.717) is 18.0 Å². The average Bonchev–Trinajstić information content (AvgIpc) is 2.25. The van der Waals surface area contributed by atoms with Crippen LogP contribution in [-0.2, 0) is 6.54 Å². The number of hydrogen-bond acceptors (Lipinski definition) is 4. The van der Waals surface area contributed by atoms with Crippen molar-refractivity contribution in [1.82, 2.24) is 5.32 Å². The fourth-order valence-corrected chi connectivity index (χ4v) is 1.50. The van der Waals surface area contributed by atoms with Gasteiger partial charge in [0.15, 0.2) is 11.5 Å². The molecule has 4 nitrogen and oxygen atoms in total. The van der Waals surface area contributed by atoms with Crippen molar-refractivity contribution >= 4 is 0 Å². The lowest BCUT2D eigenvalue weighted by atomic mass is 10.1. The largest absolute Gasteiger partial charge is 0.504 e. The van der Waals surface area contributed by atoms with E-state index in [0.717, 1.165) is 13.0 Å². The molecule has 0 aliphatic rings. The highest BCUT2D eigenvalue weighted by molar-refractivity contribution is 5.44. The van der Waals surface area contributed by atoms with Crippen LogP contribution < -0.4 is 5.32 Å². The third-order valence-electron chi connectivity index (χ3n) is 2.53. The van der Waals surface area contributed by atoms with Gasteiger partial charge in [-0.05, 0) is 24.9 Å². The molecule has 16 heavy (non-hydrogen) atoms. The number of nitrogens with one attached hydrogen (secondary N) is 1. The van der Waals surface area contributed by atoms with Gasteiger partial charge in [-0.3, -0.25) is 0 Å². The van der Waals surface area contributed by atoms with Crippen LogP contribution >= 0.6 is 0 Å². The molecule has 90 valence electrons. The Hall–Kier alpha value is -1.26. The summed E-state index contributed by atoms with van der Waals surface area (Å²) in [5.74, 6) is 0.233. The third kappa shape index (κ3) is 3.72. The molecule has 0 radical (unpaired) electrons. The molecule has 0 aliphatic carbocycles. The number of benzene rings is 1.